The number of ether oxygens (including phenoxy) is 1. The molecule has 1 aromatic heterocycles. The zero-order chi connectivity index (χ0) is 15.1. The average Bonchev–Trinajstić information content (AvgIpc) is 2.49. The molecule has 0 bridgehead atoms. The van der Waals surface area contributed by atoms with Gasteiger partial charge in [-0.2, -0.15) is 0 Å². The number of nitrogens with one attached hydrogen (secondary N) is 1. The van der Waals surface area contributed by atoms with E-state index in [0.29, 0.717) is 6.61 Å². The van der Waals surface area contributed by atoms with Gasteiger partial charge in [-0.15, -0.1) is 0 Å². The van der Waals surface area contributed by atoms with Crippen molar-refractivity contribution < 1.29 is 9.13 Å². The van der Waals surface area contributed by atoms with Gasteiger partial charge >= 0.3 is 0 Å². The molecule has 0 aliphatic rings. The summed E-state index contributed by atoms with van der Waals surface area (Å²) >= 11 is 0. The lowest BCUT2D eigenvalue weighted by atomic mass is 9.99. The minimum Gasteiger partial charge on any atom is -0.494 e. The van der Waals surface area contributed by atoms with Crippen LogP contribution < -0.4 is 10.1 Å². The van der Waals surface area contributed by atoms with Gasteiger partial charge in [0, 0.05) is 6.20 Å². The fourth-order valence-electron chi connectivity index (χ4n) is 2.25. The number of aromatic nitrogens is 1. The molecule has 4 heteroatoms. The largest absolute Gasteiger partial charge is 0.494 e. The summed E-state index contributed by atoms with van der Waals surface area (Å²) in [4.78, 5) is 3.95. The van der Waals surface area contributed by atoms with Gasteiger partial charge in [-0.1, -0.05) is 19.1 Å². The van der Waals surface area contributed by atoms with E-state index in [1.165, 1.54) is 12.3 Å². The Balaban J connectivity index is 2.33. The summed E-state index contributed by atoms with van der Waals surface area (Å²) in [7, 11) is 0. The fraction of sp³-hybridized carbons (Fsp3) is 0.353. The summed E-state index contributed by atoms with van der Waals surface area (Å²) in [5.41, 5.74) is 1.86. The number of benzene rings is 1. The molecule has 2 rings (SSSR count). The van der Waals surface area contributed by atoms with Gasteiger partial charge in [0.15, 0.2) is 0 Å². The molecule has 1 heterocycles. The van der Waals surface area contributed by atoms with Crippen molar-refractivity contribution in [1.29, 1.82) is 0 Å². The maximum absolute atomic E-state index is 13.5. The molecule has 0 fully saturated rings. The number of halogens is 1. The third-order valence-corrected chi connectivity index (χ3v) is 3.16. The second-order valence-corrected chi connectivity index (χ2v) is 4.83. The standard InChI is InChI=1S/C17H21FN2O/c1-3-8-20-17(14-9-15(18)12-19-11-14)13-6-5-7-16(10-13)21-4-2/h5-7,9-12,17,20H,3-4,8H2,1-2H3. The van der Waals surface area contributed by atoms with Crippen LogP contribution in [-0.2, 0) is 0 Å². The van der Waals surface area contributed by atoms with Gasteiger partial charge in [0.05, 0.1) is 18.8 Å². The maximum atomic E-state index is 13.5. The van der Waals surface area contributed by atoms with E-state index in [1.54, 1.807) is 6.20 Å². The van der Waals surface area contributed by atoms with Crippen molar-refractivity contribution in [3.63, 3.8) is 0 Å². The van der Waals surface area contributed by atoms with Crippen LogP contribution in [0.15, 0.2) is 42.7 Å². The molecule has 0 saturated carbocycles. The Morgan fingerprint density at radius 2 is 2.05 bits per heavy atom. The highest BCUT2D eigenvalue weighted by molar-refractivity contribution is 5.36. The van der Waals surface area contributed by atoms with E-state index in [-0.39, 0.29) is 11.9 Å². The summed E-state index contributed by atoms with van der Waals surface area (Å²) in [5.74, 6) is 0.499. The first-order chi connectivity index (χ1) is 10.2. The Bertz CT molecular complexity index is 574. The summed E-state index contributed by atoms with van der Waals surface area (Å²) in [5, 5.41) is 3.44. The number of nitrogens with zero attached hydrogens (tertiary/aromatic N) is 1. The minimum absolute atomic E-state index is 0.0893. The molecule has 1 atom stereocenters. The lowest BCUT2D eigenvalue weighted by Gasteiger charge is -2.20. The van der Waals surface area contributed by atoms with Gasteiger partial charge in [0.2, 0.25) is 0 Å². The van der Waals surface area contributed by atoms with Crippen molar-refractivity contribution in [3.05, 3.63) is 59.7 Å². The molecular weight excluding hydrogens is 267 g/mol. The van der Waals surface area contributed by atoms with Gasteiger partial charge in [-0.05, 0) is 49.2 Å². The predicted octanol–water partition coefficient (Wildman–Crippen LogP) is 3.71. The summed E-state index contributed by atoms with van der Waals surface area (Å²) < 4.78 is 19.0. The second-order valence-electron chi connectivity index (χ2n) is 4.83. The zero-order valence-corrected chi connectivity index (χ0v) is 12.5. The number of pyridine rings is 1. The van der Waals surface area contributed by atoms with Gasteiger partial charge in [0.25, 0.3) is 0 Å². The van der Waals surface area contributed by atoms with Crippen LogP contribution in [0.1, 0.15) is 37.4 Å². The molecule has 1 aromatic carbocycles. The lowest BCUT2D eigenvalue weighted by Crippen LogP contribution is -2.23. The molecule has 1 unspecified atom stereocenters. The second kappa shape index (κ2) is 7.74. The Kier molecular flexibility index (Phi) is 5.69. The van der Waals surface area contributed by atoms with E-state index in [1.807, 2.05) is 31.2 Å². The van der Waals surface area contributed by atoms with Crippen LogP contribution in [0.3, 0.4) is 0 Å². The fourth-order valence-corrected chi connectivity index (χ4v) is 2.25. The van der Waals surface area contributed by atoms with Crippen LogP contribution in [0.5, 0.6) is 5.75 Å². The van der Waals surface area contributed by atoms with Gasteiger partial charge in [-0.25, -0.2) is 4.39 Å². The summed E-state index contributed by atoms with van der Waals surface area (Å²) in [6, 6.07) is 9.31. The minimum atomic E-state index is -0.322. The van der Waals surface area contributed by atoms with Gasteiger partial charge in [0.1, 0.15) is 11.6 Å². The first kappa shape index (κ1) is 15.4. The monoisotopic (exact) mass is 288 g/mol. The van der Waals surface area contributed by atoms with Crippen LogP contribution in [-0.4, -0.2) is 18.1 Å². The summed E-state index contributed by atoms with van der Waals surface area (Å²) in [6.45, 7) is 5.53. The molecule has 0 aliphatic heterocycles. The third-order valence-electron chi connectivity index (χ3n) is 3.16. The van der Waals surface area contributed by atoms with Crippen molar-refractivity contribution in [1.82, 2.24) is 10.3 Å². The van der Waals surface area contributed by atoms with Crippen molar-refractivity contribution >= 4 is 0 Å². The number of rotatable bonds is 7. The quantitative estimate of drug-likeness (QED) is 0.843. The van der Waals surface area contributed by atoms with Crippen molar-refractivity contribution in [2.24, 2.45) is 0 Å². The van der Waals surface area contributed by atoms with Crippen molar-refractivity contribution in [2.45, 2.75) is 26.3 Å². The first-order valence-electron chi connectivity index (χ1n) is 7.31. The van der Waals surface area contributed by atoms with Crippen LogP contribution >= 0.6 is 0 Å². The highest BCUT2D eigenvalue weighted by Gasteiger charge is 2.15. The van der Waals surface area contributed by atoms with Crippen LogP contribution in [0.2, 0.25) is 0 Å². The molecule has 0 aliphatic carbocycles. The molecule has 3 nitrogen and oxygen atoms in total. The SMILES string of the molecule is CCCNC(c1cncc(F)c1)c1cccc(OCC)c1. The molecule has 112 valence electrons. The van der Waals surface area contributed by atoms with E-state index < -0.39 is 0 Å². The van der Waals surface area contributed by atoms with Crippen LogP contribution in [0.25, 0.3) is 0 Å². The maximum Gasteiger partial charge on any atom is 0.141 e. The Morgan fingerprint density at radius 3 is 2.76 bits per heavy atom. The average molecular weight is 288 g/mol. The van der Waals surface area contributed by atoms with Crippen LogP contribution in [0.4, 0.5) is 4.39 Å². The molecule has 0 saturated heterocycles. The Hall–Kier alpha value is -1.94. The highest BCUT2D eigenvalue weighted by Crippen LogP contribution is 2.25. The van der Waals surface area contributed by atoms with E-state index in [9.17, 15) is 4.39 Å². The molecule has 0 spiro atoms. The lowest BCUT2D eigenvalue weighted by molar-refractivity contribution is 0.339. The zero-order valence-electron chi connectivity index (χ0n) is 12.5. The molecule has 0 radical (unpaired) electrons. The van der Waals surface area contributed by atoms with Gasteiger partial charge in [-0.3, -0.25) is 4.98 Å². The van der Waals surface area contributed by atoms with E-state index in [2.05, 4.69) is 17.2 Å². The molecule has 0 amide bonds. The number of hydrogen-bond donors (Lipinski definition) is 1. The van der Waals surface area contributed by atoms with Crippen LogP contribution in [0, 0.1) is 5.82 Å². The van der Waals surface area contributed by atoms with Gasteiger partial charge < -0.3 is 10.1 Å². The van der Waals surface area contributed by atoms with E-state index in [0.717, 1.165) is 29.8 Å². The molecular formula is C17H21FN2O. The Labute approximate surface area is 125 Å². The smallest absolute Gasteiger partial charge is 0.141 e. The van der Waals surface area contributed by atoms with Crippen molar-refractivity contribution in [3.8, 4) is 5.75 Å². The number of hydrogen-bond acceptors (Lipinski definition) is 3. The normalized spacial score (nSPS) is 12.1. The van der Waals surface area contributed by atoms with Crippen molar-refractivity contribution in [2.75, 3.05) is 13.2 Å². The molecule has 1 N–H and O–H groups in total. The molecule has 21 heavy (non-hydrogen) atoms. The molecule has 2 aromatic rings. The third kappa shape index (κ3) is 4.26. The van der Waals surface area contributed by atoms with E-state index in [4.69, 9.17) is 4.74 Å². The first-order valence-corrected chi connectivity index (χ1v) is 7.31. The topological polar surface area (TPSA) is 34.2 Å². The van der Waals surface area contributed by atoms with E-state index >= 15 is 0 Å². The highest BCUT2D eigenvalue weighted by atomic mass is 19.1. The summed E-state index contributed by atoms with van der Waals surface area (Å²) in [6.07, 6.45) is 3.92. The predicted molar refractivity (Wildman–Crippen MR) is 81.9 cm³/mol. The Morgan fingerprint density at radius 1 is 1.19 bits per heavy atom.